The molecule has 4 rings (SSSR count). The Hall–Kier alpha value is -4.79. The number of ether oxygens (including phenoxy) is 3. The SMILES string of the molecule is COc1ccc(Oc2cc(NC(=O)c3ccc(COc4ccc(C(C)C)cc4)o3)cc([N+](=O)[O-])c2)cc1. The Bertz CT molecular complexity index is 1380. The summed E-state index contributed by atoms with van der Waals surface area (Å²) in [7, 11) is 1.55. The summed E-state index contributed by atoms with van der Waals surface area (Å²) in [6.07, 6.45) is 0. The van der Waals surface area contributed by atoms with E-state index in [-0.39, 0.29) is 29.5 Å². The molecular weight excluding hydrogens is 476 g/mol. The third-order valence-corrected chi connectivity index (χ3v) is 5.47. The Balaban J connectivity index is 1.42. The molecule has 0 atom stereocenters. The van der Waals surface area contributed by atoms with Gasteiger partial charge < -0.3 is 23.9 Å². The van der Waals surface area contributed by atoms with Gasteiger partial charge in [0.05, 0.1) is 23.8 Å². The summed E-state index contributed by atoms with van der Waals surface area (Å²) < 4.78 is 22.2. The van der Waals surface area contributed by atoms with Crippen molar-refractivity contribution in [1.82, 2.24) is 0 Å². The number of rotatable bonds is 10. The fourth-order valence-electron chi connectivity index (χ4n) is 3.47. The standard InChI is InChI=1S/C28H26N2O7/c1-18(2)19-4-6-23(7-5-19)35-17-25-12-13-27(37-25)28(31)29-20-14-21(30(32)33)16-26(15-20)36-24-10-8-22(34-3)9-11-24/h4-16,18H,17H2,1-3H3,(H,29,31). The van der Waals surface area contributed by atoms with Crippen LogP contribution in [0.25, 0.3) is 0 Å². The summed E-state index contributed by atoms with van der Waals surface area (Å²) >= 11 is 0. The van der Waals surface area contributed by atoms with Crippen molar-refractivity contribution in [3.05, 3.63) is 106 Å². The van der Waals surface area contributed by atoms with Crippen LogP contribution in [0.3, 0.4) is 0 Å². The van der Waals surface area contributed by atoms with Gasteiger partial charge in [-0.05, 0) is 60.0 Å². The van der Waals surface area contributed by atoms with E-state index < -0.39 is 10.8 Å². The van der Waals surface area contributed by atoms with E-state index >= 15 is 0 Å². The van der Waals surface area contributed by atoms with E-state index in [9.17, 15) is 14.9 Å². The lowest BCUT2D eigenvalue weighted by Gasteiger charge is -2.09. The smallest absolute Gasteiger partial charge is 0.291 e. The third kappa shape index (κ3) is 6.66. The van der Waals surface area contributed by atoms with Crippen LogP contribution in [-0.4, -0.2) is 17.9 Å². The third-order valence-electron chi connectivity index (χ3n) is 5.47. The fraction of sp³-hybridized carbons (Fsp3) is 0.179. The Morgan fingerprint density at radius 2 is 1.59 bits per heavy atom. The molecule has 37 heavy (non-hydrogen) atoms. The van der Waals surface area contributed by atoms with Gasteiger partial charge in [-0.1, -0.05) is 26.0 Å². The van der Waals surface area contributed by atoms with Crippen LogP contribution in [0.5, 0.6) is 23.0 Å². The first-order chi connectivity index (χ1) is 17.8. The second kappa shape index (κ2) is 11.3. The van der Waals surface area contributed by atoms with Crippen LogP contribution in [0.4, 0.5) is 11.4 Å². The second-order valence-corrected chi connectivity index (χ2v) is 8.48. The molecule has 0 aliphatic carbocycles. The molecule has 190 valence electrons. The van der Waals surface area contributed by atoms with Gasteiger partial charge in [0.1, 0.15) is 35.4 Å². The van der Waals surface area contributed by atoms with Crippen LogP contribution in [0.15, 0.2) is 83.3 Å². The van der Waals surface area contributed by atoms with Crippen LogP contribution in [0.2, 0.25) is 0 Å². The van der Waals surface area contributed by atoms with Gasteiger partial charge in [0.15, 0.2) is 5.76 Å². The van der Waals surface area contributed by atoms with Crippen molar-refractivity contribution in [3.63, 3.8) is 0 Å². The normalized spacial score (nSPS) is 10.7. The highest BCUT2D eigenvalue weighted by molar-refractivity contribution is 6.02. The Kier molecular flexibility index (Phi) is 7.73. The van der Waals surface area contributed by atoms with Crippen molar-refractivity contribution in [2.45, 2.75) is 26.4 Å². The molecule has 0 unspecified atom stereocenters. The van der Waals surface area contributed by atoms with Gasteiger partial charge in [0, 0.05) is 12.1 Å². The molecule has 1 heterocycles. The topological polar surface area (TPSA) is 113 Å². The average molecular weight is 503 g/mol. The highest BCUT2D eigenvalue weighted by Crippen LogP contribution is 2.31. The predicted molar refractivity (Wildman–Crippen MR) is 138 cm³/mol. The number of carbonyl (C=O) groups is 1. The van der Waals surface area contributed by atoms with E-state index in [1.54, 1.807) is 37.4 Å². The first-order valence-corrected chi connectivity index (χ1v) is 11.5. The van der Waals surface area contributed by atoms with Crippen molar-refractivity contribution >= 4 is 17.3 Å². The number of benzene rings is 3. The van der Waals surface area contributed by atoms with Gasteiger partial charge in [0.25, 0.3) is 11.6 Å². The predicted octanol–water partition coefficient (Wildman–Crippen LogP) is 6.94. The minimum atomic E-state index is -0.566. The molecule has 1 aromatic heterocycles. The van der Waals surface area contributed by atoms with Crippen molar-refractivity contribution in [2.24, 2.45) is 0 Å². The molecule has 9 heteroatoms. The molecule has 0 fully saturated rings. The number of hydrogen-bond acceptors (Lipinski definition) is 7. The summed E-state index contributed by atoms with van der Waals surface area (Å²) in [6.45, 7) is 4.38. The first kappa shape index (κ1) is 25.3. The number of carbonyl (C=O) groups excluding carboxylic acids is 1. The number of nitro groups is 1. The molecule has 0 radical (unpaired) electrons. The molecule has 4 aromatic rings. The first-order valence-electron chi connectivity index (χ1n) is 11.5. The number of methoxy groups -OCH3 is 1. The summed E-state index contributed by atoms with van der Waals surface area (Å²) in [5.74, 6) is 2.33. The molecule has 0 saturated carbocycles. The zero-order valence-corrected chi connectivity index (χ0v) is 20.6. The lowest BCUT2D eigenvalue weighted by molar-refractivity contribution is -0.384. The van der Waals surface area contributed by atoms with Crippen LogP contribution in [0, 0.1) is 10.1 Å². The van der Waals surface area contributed by atoms with Crippen molar-refractivity contribution < 1.29 is 28.3 Å². The van der Waals surface area contributed by atoms with E-state index in [4.69, 9.17) is 18.6 Å². The zero-order chi connectivity index (χ0) is 26.4. The number of nitrogens with one attached hydrogen (secondary N) is 1. The molecule has 1 N–H and O–H groups in total. The van der Waals surface area contributed by atoms with Crippen molar-refractivity contribution in [2.75, 3.05) is 12.4 Å². The highest BCUT2D eigenvalue weighted by Gasteiger charge is 2.16. The van der Waals surface area contributed by atoms with Gasteiger partial charge in [-0.15, -0.1) is 0 Å². The van der Waals surface area contributed by atoms with Gasteiger partial charge in [-0.3, -0.25) is 14.9 Å². The molecular formula is C28H26N2O7. The van der Waals surface area contributed by atoms with E-state index in [2.05, 4.69) is 19.2 Å². The molecule has 0 spiro atoms. The maximum atomic E-state index is 12.8. The van der Waals surface area contributed by atoms with Crippen LogP contribution in [0.1, 0.15) is 41.6 Å². The van der Waals surface area contributed by atoms with Gasteiger partial charge >= 0.3 is 0 Å². The number of nitrogens with zero attached hydrogens (tertiary/aromatic N) is 1. The maximum absolute atomic E-state index is 12.8. The summed E-state index contributed by atoms with van der Waals surface area (Å²) in [4.78, 5) is 23.6. The molecule has 1 amide bonds. The molecule has 0 saturated heterocycles. The highest BCUT2D eigenvalue weighted by atomic mass is 16.6. The number of anilines is 1. The number of amides is 1. The van der Waals surface area contributed by atoms with Crippen molar-refractivity contribution in [1.29, 1.82) is 0 Å². The Morgan fingerprint density at radius 3 is 2.24 bits per heavy atom. The average Bonchev–Trinajstić information content (AvgIpc) is 3.37. The van der Waals surface area contributed by atoms with Gasteiger partial charge in [-0.25, -0.2) is 0 Å². The summed E-state index contributed by atoms with van der Waals surface area (Å²) in [6, 6.07) is 21.7. The molecule has 9 nitrogen and oxygen atoms in total. The minimum Gasteiger partial charge on any atom is -0.497 e. The number of nitro benzene ring substituents is 1. The van der Waals surface area contributed by atoms with Crippen molar-refractivity contribution in [3.8, 4) is 23.0 Å². The van der Waals surface area contributed by atoms with Crippen LogP contribution < -0.4 is 19.5 Å². The lowest BCUT2D eigenvalue weighted by atomic mass is 10.0. The van der Waals surface area contributed by atoms with Crippen LogP contribution in [-0.2, 0) is 6.61 Å². The summed E-state index contributed by atoms with van der Waals surface area (Å²) in [5, 5.41) is 14.1. The number of furan rings is 1. The fourth-order valence-corrected chi connectivity index (χ4v) is 3.47. The van der Waals surface area contributed by atoms with Gasteiger partial charge in [0.2, 0.25) is 0 Å². The number of hydrogen-bond donors (Lipinski definition) is 1. The quantitative estimate of drug-likeness (QED) is 0.184. The van der Waals surface area contributed by atoms with Gasteiger partial charge in [-0.2, -0.15) is 0 Å². The molecule has 0 aliphatic heterocycles. The van der Waals surface area contributed by atoms with E-state index in [0.717, 1.165) is 0 Å². The molecule has 0 aliphatic rings. The van der Waals surface area contributed by atoms with E-state index in [1.807, 2.05) is 24.3 Å². The zero-order valence-electron chi connectivity index (χ0n) is 20.6. The van der Waals surface area contributed by atoms with E-state index in [1.165, 1.54) is 29.8 Å². The Morgan fingerprint density at radius 1 is 0.919 bits per heavy atom. The lowest BCUT2D eigenvalue weighted by Crippen LogP contribution is -2.11. The largest absolute Gasteiger partial charge is 0.497 e. The minimum absolute atomic E-state index is 0.0397. The second-order valence-electron chi connectivity index (χ2n) is 8.48. The number of non-ortho nitro benzene ring substituents is 1. The summed E-state index contributed by atoms with van der Waals surface area (Å²) in [5.41, 5.74) is 1.16. The van der Waals surface area contributed by atoms with E-state index in [0.29, 0.717) is 28.9 Å². The maximum Gasteiger partial charge on any atom is 0.291 e. The molecule has 0 bridgehead atoms. The monoisotopic (exact) mass is 502 g/mol. The van der Waals surface area contributed by atoms with Crippen LogP contribution >= 0.6 is 0 Å². The Labute approximate surface area is 213 Å². The molecule has 3 aromatic carbocycles.